The Kier molecular flexibility index (Phi) is 9.35. The van der Waals surface area contributed by atoms with E-state index in [2.05, 4.69) is 11.2 Å². The number of nitrogens with one attached hydrogen (secondary N) is 1. The van der Waals surface area contributed by atoms with E-state index in [1.54, 1.807) is 26.0 Å². The van der Waals surface area contributed by atoms with Crippen molar-refractivity contribution in [2.45, 2.75) is 38.3 Å². The van der Waals surface area contributed by atoms with Gasteiger partial charge in [-0.05, 0) is 36.1 Å². The highest BCUT2D eigenvalue weighted by Gasteiger charge is 2.66. The van der Waals surface area contributed by atoms with Gasteiger partial charge in [0.1, 0.15) is 12.3 Å². The molecule has 4 rings (SSSR count). The predicted octanol–water partition coefficient (Wildman–Crippen LogP) is 4.13. The lowest BCUT2D eigenvalue weighted by Crippen LogP contribution is -2.81. The van der Waals surface area contributed by atoms with Gasteiger partial charge in [-0.15, -0.1) is 6.42 Å². The molecule has 0 aliphatic carbocycles. The van der Waals surface area contributed by atoms with Gasteiger partial charge in [0.2, 0.25) is 5.91 Å². The first-order valence-corrected chi connectivity index (χ1v) is 13.1. The van der Waals surface area contributed by atoms with Crippen molar-refractivity contribution in [1.29, 1.82) is 0 Å². The smallest absolute Gasteiger partial charge is 0.356 e. The Morgan fingerprint density at radius 1 is 0.951 bits per heavy atom. The first-order valence-electron chi connectivity index (χ1n) is 13.1. The average molecular weight is 553 g/mol. The fourth-order valence-corrected chi connectivity index (χ4v) is 4.72. The summed E-state index contributed by atoms with van der Waals surface area (Å²) in [6.45, 7) is 3.17. The van der Waals surface area contributed by atoms with Crippen molar-refractivity contribution in [3.63, 3.8) is 0 Å². The van der Waals surface area contributed by atoms with Crippen molar-refractivity contribution in [1.82, 2.24) is 10.2 Å². The molecule has 3 aromatic rings. The fourth-order valence-electron chi connectivity index (χ4n) is 4.72. The SMILES string of the molecule is C#CCOC1N(C(C(=O)OC(c2ccccc2)c2ccccc2)=C(C)C)C(=O)C1(NC(=O)Cc1ccccc1)OC. The number of β-lactam (4-membered cyclic amide) rings is 1. The van der Waals surface area contributed by atoms with Crippen molar-refractivity contribution in [3.05, 3.63) is 119 Å². The third-order valence-electron chi connectivity index (χ3n) is 6.64. The van der Waals surface area contributed by atoms with Crippen LogP contribution in [0.2, 0.25) is 0 Å². The molecular weight excluding hydrogens is 520 g/mol. The minimum absolute atomic E-state index is 0.00840. The van der Waals surface area contributed by atoms with Crippen molar-refractivity contribution in [2.24, 2.45) is 0 Å². The number of amides is 2. The number of allylic oxidation sites excluding steroid dienone is 1. The van der Waals surface area contributed by atoms with E-state index in [1.165, 1.54) is 7.11 Å². The van der Waals surface area contributed by atoms with Gasteiger partial charge < -0.3 is 19.5 Å². The third kappa shape index (κ3) is 6.22. The maximum atomic E-state index is 13.8. The van der Waals surface area contributed by atoms with Crippen LogP contribution >= 0.6 is 0 Å². The number of terminal acetylenes is 1. The molecule has 41 heavy (non-hydrogen) atoms. The van der Waals surface area contributed by atoms with Gasteiger partial charge in [-0.1, -0.05) is 96.9 Å². The molecule has 2 amide bonds. The Hall–Kier alpha value is -4.71. The zero-order valence-electron chi connectivity index (χ0n) is 23.2. The fraction of sp³-hybridized carbons (Fsp3) is 0.242. The van der Waals surface area contributed by atoms with Crippen LogP contribution < -0.4 is 5.32 Å². The molecule has 1 N–H and O–H groups in total. The average Bonchev–Trinajstić information content (AvgIpc) is 2.99. The van der Waals surface area contributed by atoms with E-state index in [0.29, 0.717) is 5.57 Å². The lowest BCUT2D eigenvalue weighted by molar-refractivity contribution is -0.252. The molecule has 0 saturated carbocycles. The Morgan fingerprint density at radius 2 is 1.49 bits per heavy atom. The van der Waals surface area contributed by atoms with E-state index < -0.39 is 35.8 Å². The summed E-state index contributed by atoms with van der Waals surface area (Å²) in [6.07, 6.45) is 3.50. The molecule has 0 spiro atoms. The van der Waals surface area contributed by atoms with Gasteiger partial charge in [0.25, 0.3) is 11.6 Å². The van der Waals surface area contributed by atoms with Crippen LogP contribution in [0.4, 0.5) is 0 Å². The number of carbonyl (C=O) groups is 3. The van der Waals surface area contributed by atoms with Gasteiger partial charge in [-0.25, -0.2) is 4.79 Å². The zero-order valence-corrected chi connectivity index (χ0v) is 23.2. The summed E-state index contributed by atoms with van der Waals surface area (Å²) in [4.78, 5) is 41.7. The molecule has 3 aromatic carbocycles. The number of methoxy groups -OCH3 is 1. The molecule has 0 bridgehead atoms. The second kappa shape index (κ2) is 13.1. The van der Waals surface area contributed by atoms with Crippen molar-refractivity contribution in [3.8, 4) is 12.3 Å². The van der Waals surface area contributed by atoms with Crippen LogP contribution in [0.3, 0.4) is 0 Å². The maximum absolute atomic E-state index is 13.8. The number of ether oxygens (including phenoxy) is 3. The van der Waals surface area contributed by atoms with E-state index in [-0.39, 0.29) is 18.7 Å². The summed E-state index contributed by atoms with van der Waals surface area (Å²) in [7, 11) is 1.28. The molecule has 8 heteroatoms. The van der Waals surface area contributed by atoms with Gasteiger partial charge >= 0.3 is 5.97 Å². The minimum Gasteiger partial charge on any atom is -0.448 e. The Labute approximate surface area is 239 Å². The quantitative estimate of drug-likeness (QED) is 0.126. The molecule has 2 unspecified atom stereocenters. The van der Waals surface area contributed by atoms with E-state index in [0.717, 1.165) is 21.6 Å². The monoisotopic (exact) mass is 552 g/mol. The lowest BCUT2D eigenvalue weighted by atomic mass is 9.95. The summed E-state index contributed by atoms with van der Waals surface area (Å²) < 4.78 is 17.4. The highest BCUT2D eigenvalue weighted by Crippen LogP contribution is 2.39. The van der Waals surface area contributed by atoms with Crippen LogP contribution in [-0.2, 0) is 35.0 Å². The lowest BCUT2D eigenvalue weighted by Gasteiger charge is -2.53. The number of carbonyl (C=O) groups excluding carboxylic acids is 3. The van der Waals surface area contributed by atoms with E-state index in [9.17, 15) is 14.4 Å². The number of rotatable bonds is 11. The summed E-state index contributed by atoms with van der Waals surface area (Å²) in [6, 6.07) is 27.7. The van der Waals surface area contributed by atoms with Gasteiger partial charge in [-0.2, -0.15) is 0 Å². The second-order valence-electron chi connectivity index (χ2n) is 9.65. The topological polar surface area (TPSA) is 94.2 Å². The maximum Gasteiger partial charge on any atom is 0.356 e. The molecule has 210 valence electrons. The molecule has 1 aliphatic heterocycles. The number of benzene rings is 3. The summed E-state index contributed by atoms with van der Waals surface area (Å²) in [5.41, 5.74) is 0.852. The van der Waals surface area contributed by atoms with Crippen LogP contribution in [-0.4, -0.2) is 48.4 Å². The van der Waals surface area contributed by atoms with Crippen molar-refractivity contribution < 1.29 is 28.6 Å². The molecule has 1 fully saturated rings. The van der Waals surface area contributed by atoms with E-state index in [4.69, 9.17) is 20.6 Å². The van der Waals surface area contributed by atoms with E-state index in [1.807, 2.05) is 78.9 Å². The number of nitrogens with zero attached hydrogens (tertiary/aromatic N) is 1. The highest BCUT2D eigenvalue weighted by molar-refractivity contribution is 6.03. The molecule has 8 nitrogen and oxygen atoms in total. The minimum atomic E-state index is -1.89. The third-order valence-corrected chi connectivity index (χ3v) is 6.64. The highest BCUT2D eigenvalue weighted by atomic mass is 16.6. The number of esters is 1. The molecule has 2 atom stereocenters. The second-order valence-corrected chi connectivity index (χ2v) is 9.65. The predicted molar refractivity (Wildman–Crippen MR) is 153 cm³/mol. The van der Waals surface area contributed by atoms with Crippen molar-refractivity contribution >= 4 is 17.8 Å². The van der Waals surface area contributed by atoms with Gasteiger partial charge in [0.15, 0.2) is 12.3 Å². The summed E-state index contributed by atoms with van der Waals surface area (Å²) in [5.74, 6) is 0.474. The Bertz CT molecular complexity index is 1410. The molecular formula is C33H32N2O6. The van der Waals surface area contributed by atoms with Gasteiger partial charge in [0.05, 0.1) is 6.42 Å². The molecule has 1 heterocycles. The van der Waals surface area contributed by atoms with Gasteiger partial charge in [-0.3, -0.25) is 14.5 Å². The Morgan fingerprint density at radius 3 is 1.98 bits per heavy atom. The standard InChI is InChI=1S/C33H32N2O6/c1-5-21-40-32-33(39-4,34-27(36)22-24-15-9-6-10-16-24)31(38)35(32)28(23(2)3)30(37)41-29(25-17-11-7-12-18-25)26-19-13-8-14-20-26/h1,6-20,29,32H,21-22H2,2-4H3,(H,34,36). The Balaban J connectivity index is 1.63. The van der Waals surface area contributed by atoms with E-state index >= 15 is 0 Å². The molecule has 1 saturated heterocycles. The molecule has 0 radical (unpaired) electrons. The van der Waals surface area contributed by atoms with Gasteiger partial charge in [0, 0.05) is 7.11 Å². The van der Waals surface area contributed by atoms with Crippen LogP contribution in [0, 0.1) is 12.3 Å². The molecule has 1 aliphatic rings. The zero-order chi connectivity index (χ0) is 29.4. The number of hydrogen-bond donors (Lipinski definition) is 1. The van der Waals surface area contributed by atoms with Crippen molar-refractivity contribution in [2.75, 3.05) is 13.7 Å². The van der Waals surface area contributed by atoms with Crippen LogP contribution in [0.25, 0.3) is 0 Å². The normalized spacial score (nSPS) is 17.8. The largest absolute Gasteiger partial charge is 0.448 e. The van der Waals surface area contributed by atoms with Crippen LogP contribution in [0.5, 0.6) is 0 Å². The van der Waals surface area contributed by atoms with Crippen LogP contribution in [0.15, 0.2) is 102 Å². The number of hydrogen-bond acceptors (Lipinski definition) is 6. The van der Waals surface area contributed by atoms with Crippen LogP contribution in [0.1, 0.15) is 36.6 Å². The first-order chi connectivity index (χ1) is 19.8. The molecule has 0 aromatic heterocycles. The number of likely N-dealkylation sites (tertiary alicyclic amines) is 1. The summed E-state index contributed by atoms with van der Waals surface area (Å²) >= 11 is 0. The summed E-state index contributed by atoms with van der Waals surface area (Å²) in [5, 5.41) is 2.67. The first kappa shape index (κ1) is 29.3.